The number of hydrogen-bond donors (Lipinski definition) is 0. The highest BCUT2D eigenvalue weighted by Crippen LogP contribution is 2.10. The van der Waals surface area contributed by atoms with Crippen molar-refractivity contribution in [1.29, 1.82) is 0 Å². The fourth-order valence-electron chi connectivity index (χ4n) is 1.89. The van der Waals surface area contributed by atoms with Crippen LogP contribution in [0.3, 0.4) is 0 Å². The van der Waals surface area contributed by atoms with Gasteiger partial charge in [0.05, 0.1) is 6.61 Å². The molecule has 0 bridgehead atoms. The number of ether oxygens (including phenoxy) is 2. The Morgan fingerprint density at radius 1 is 1.27 bits per heavy atom. The van der Waals surface area contributed by atoms with Crippen LogP contribution in [0.15, 0.2) is 9.59 Å². The third-order valence-electron chi connectivity index (χ3n) is 2.93. The third kappa shape index (κ3) is 3.46. The molecule has 0 saturated carbocycles. The largest absolute Gasteiger partial charge is 0.510 e. The van der Waals surface area contributed by atoms with Crippen molar-refractivity contribution in [2.45, 2.75) is 46.4 Å². The van der Waals surface area contributed by atoms with E-state index >= 15 is 0 Å². The lowest BCUT2D eigenvalue weighted by Crippen LogP contribution is -2.52. The number of carbonyl (C=O) groups excluding carboxylic acids is 1. The van der Waals surface area contributed by atoms with E-state index in [1.54, 1.807) is 27.7 Å². The van der Waals surface area contributed by atoms with Gasteiger partial charge < -0.3 is 9.47 Å². The van der Waals surface area contributed by atoms with Gasteiger partial charge in [0.15, 0.2) is 11.0 Å². The summed E-state index contributed by atoms with van der Waals surface area (Å²) in [7, 11) is 1.46. The van der Waals surface area contributed by atoms with Crippen molar-refractivity contribution in [3.05, 3.63) is 25.7 Å². The average molecular weight is 331 g/mol. The molecule has 1 rings (SSSR count). The number of nitrogens with zero attached hydrogens (tertiary/aromatic N) is 3. The van der Waals surface area contributed by atoms with Crippen molar-refractivity contribution in [1.82, 2.24) is 13.7 Å². The van der Waals surface area contributed by atoms with Crippen LogP contribution in [0, 0.1) is 4.77 Å². The quantitative estimate of drug-likeness (QED) is 0.617. The molecular weight excluding hydrogens is 310 g/mol. The maximum Gasteiger partial charge on any atom is 0.510 e. The van der Waals surface area contributed by atoms with Crippen LogP contribution < -0.4 is 11.4 Å². The lowest BCUT2D eigenvalue weighted by Gasteiger charge is -2.25. The number of hydrogen-bond acceptors (Lipinski definition) is 6. The molecule has 0 radical (unpaired) electrons. The predicted molar refractivity (Wildman–Crippen MR) is 82.6 cm³/mol. The Hall–Kier alpha value is -1.90. The molecule has 1 atom stereocenters. The van der Waals surface area contributed by atoms with Gasteiger partial charge in [-0.25, -0.2) is 23.5 Å². The van der Waals surface area contributed by atoms with Crippen LogP contribution in [0.4, 0.5) is 4.79 Å². The molecule has 0 fully saturated rings. The summed E-state index contributed by atoms with van der Waals surface area (Å²) in [6, 6.07) is 0. The first-order valence-corrected chi connectivity index (χ1v) is 7.21. The Kier molecular flexibility index (Phi) is 5.34. The van der Waals surface area contributed by atoms with Crippen LogP contribution in [0.5, 0.6) is 0 Å². The summed E-state index contributed by atoms with van der Waals surface area (Å²) in [5.74, 6) is 0. The molecule has 0 saturated heterocycles. The number of aromatic nitrogens is 3. The molecule has 0 spiro atoms. The van der Waals surface area contributed by atoms with Crippen molar-refractivity contribution in [3.8, 4) is 0 Å². The second kappa shape index (κ2) is 6.47. The molecule has 0 N–H and O–H groups in total. The molecule has 1 aromatic heterocycles. The van der Waals surface area contributed by atoms with E-state index in [-0.39, 0.29) is 11.4 Å². The third-order valence-corrected chi connectivity index (χ3v) is 3.40. The van der Waals surface area contributed by atoms with Gasteiger partial charge in [-0.15, -0.1) is 0 Å². The van der Waals surface area contributed by atoms with Gasteiger partial charge in [-0.3, -0.25) is 4.57 Å². The minimum Gasteiger partial charge on any atom is -0.435 e. The predicted octanol–water partition coefficient (Wildman–Crippen LogP) is 1.52. The molecule has 1 heterocycles. The van der Waals surface area contributed by atoms with Crippen LogP contribution in [0.2, 0.25) is 0 Å². The Morgan fingerprint density at radius 3 is 2.27 bits per heavy atom. The van der Waals surface area contributed by atoms with Gasteiger partial charge in [0.2, 0.25) is 0 Å². The normalized spacial score (nSPS) is 12.8. The first kappa shape index (κ1) is 18.1. The van der Waals surface area contributed by atoms with E-state index in [4.69, 9.17) is 17.0 Å². The summed E-state index contributed by atoms with van der Waals surface area (Å²) >= 11 is 5.12. The maximum atomic E-state index is 12.6. The first-order chi connectivity index (χ1) is 10.0. The minimum atomic E-state index is -1.00. The highest BCUT2D eigenvalue weighted by Gasteiger charge is 2.25. The standard InChI is InChI=1S/C13H21N3O5S/c1-7-20-12(19)21-8(2)15-10(18)16(13(3,4)5)9(17)14(6)11(15)22/h8H,7H2,1-6H3. The summed E-state index contributed by atoms with van der Waals surface area (Å²) < 4.78 is 12.9. The Labute approximate surface area is 132 Å². The summed E-state index contributed by atoms with van der Waals surface area (Å²) in [6.45, 7) is 8.43. The van der Waals surface area contributed by atoms with E-state index in [1.807, 2.05) is 0 Å². The molecule has 9 heteroatoms. The van der Waals surface area contributed by atoms with E-state index in [2.05, 4.69) is 4.74 Å². The Bertz CT molecular complexity index is 738. The zero-order valence-electron chi connectivity index (χ0n) is 13.6. The van der Waals surface area contributed by atoms with Gasteiger partial charge in [-0.1, -0.05) is 0 Å². The molecule has 0 aliphatic heterocycles. The second-order valence-corrected chi connectivity index (χ2v) is 6.05. The molecule has 1 aromatic rings. The topological polar surface area (TPSA) is 84.5 Å². The highest BCUT2D eigenvalue weighted by molar-refractivity contribution is 7.71. The van der Waals surface area contributed by atoms with Crippen molar-refractivity contribution < 1.29 is 14.3 Å². The smallest absolute Gasteiger partial charge is 0.435 e. The fraction of sp³-hybridized carbons (Fsp3) is 0.692. The van der Waals surface area contributed by atoms with Crippen LogP contribution >= 0.6 is 12.2 Å². The Morgan fingerprint density at radius 2 is 1.82 bits per heavy atom. The molecule has 0 aliphatic rings. The van der Waals surface area contributed by atoms with Gasteiger partial charge in [0, 0.05) is 12.6 Å². The minimum absolute atomic E-state index is 0.0349. The van der Waals surface area contributed by atoms with Crippen molar-refractivity contribution in [2.75, 3.05) is 6.61 Å². The average Bonchev–Trinajstić information content (AvgIpc) is 2.34. The summed E-state index contributed by atoms with van der Waals surface area (Å²) in [5.41, 5.74) is -1.92. The van der Waals surface area contributed by atoms with Gasteiger partial charge >= 0.3 is 17.5 Å². The number of carbonyl (C=O) groups is 1. The van der Waals surface area contributed by atoms with E-state index in [1.165, 1.54) is 14.0 Å². The molecule has 0 amide bonds. The molecule has 0 aliphatic carbocycles. The van der Waals surface area contributed by atoms with Crippen LogP contribution in [0.25, 0.3) is 0 Å². The first-order valence-electron chi connectivity index (χ1n) is 6.80. The van der Waals surface area contributed by atoms with Crippen LogP contribution in [0.1, 0.15) is 40.8 Å². The lowest BCUT2D eigenvalue weighted by molar-refractivity contribution is 0.00170. The van der Waals surface area contributed by atoms with Crippen LogP contribution in [-0.4, -0.2) is 26.5 Å². The van der Waals surface area contributed by atoms with Gasteiger partial charge in [-0.2, -0.15) is 0 Å². The summed E-state index contributed by atoms with van der Waals surface area (Å²) in [4.78, 5) is 36.3. The molecule has 124 valence electrons. The second-order valence-electron chi connectivity index (χ2n) is 5.68. The van der Waals surface area contributed by atoms with E-state index < -0.39 is 29.3 Å². The molecule has 22 heavy (non-hydrogen) atoms. The highest BCUT2D eigenvalue weighted by atomic mass is 32.1. The van der Waals surface area contributed by atoms with Gasteiger partial charge in [0.25, 0.3) is 0 Å². The SMILES string of the molecule is CCOC(=O)OC(C)n1c(=S)n(C)c(=O)n(C(C)(C)C)c1=O. The zero-order valence-corrected chi connectivity index (χ0v) is 14.4. The number of rotatable bonds is 3. The summed E-state index contributed by atoms with van der Waals surface area (Å²) in [5, 5.41) is 0. The zero-order chi connectivity index (χ0) is 17.2. The lowest BCUT2D eigenvalue weighted by atomic mass is 10.1. The summed E-state index contributed by atoms with van der Waals surface area (Å²) in [6.07, 6.45) is -1.91. The van der Waals surface area contributed by atoms with Crippen LogP contribution in [-0.2, 0) is 22.1 Å². The van der Waals surface area contributed by atoms with Crippen molar-refractivity contribution in [2.24, 2.45) is 7.05 Å². The van der Waals surface area contributed by atoms with E-state index in [0.717, 1.165) is 13.7 Å². The van der Waals surface area contributed by atoms with Gasteiger partial charge in [0.1, 0.15) is 0 Å². The molecular formula is C13H21N3O5S. The van der Waals surface area contributed by atoms with Crippen molar-refractivity contribution >= 4 is 18.4 Å². The Balaban J connectivity index is 3.53. The van der Waals surface area contributed by atoms with Crippen molar-refractivity contribution in [3.63, 3.8) is 0 Å². The van der Waals surface area contributed by atoms with E-state index in [0.29, 0.717) is 0 Å². The molecule has 8 nitrogen and oxygen atoms in total. The fourth-order valence-corrected chi connectivity index (χ4v) is 2.20. The maximum absolute atomic E-state index is 12.6. The monoisotopic (exact) mass is 331 g/mol. The van der Waals surface area contributed by atoms with Gasteiger partial charge in [-0.05, 0) is 46.8 Å². The molecule has 1 unspecified atom stereocenters. The van der Waals surface area contributed by atoms with E-state index in [9.17, 15) is 14.4 Å². The molecule has 0 aromatic carbocycles.